The lowest BCUT2D eigenvalue weighted by atomic mass is 9.84. The highest BCUT2D eigenvalue weighted by atomic mass is 16.5. The van der Waals surface area contributed by atoms with Gasteiger partial charge < -0.3 is 9.72 Å². The van der Waals surface area contributed by atoms with E-state index in [1.54, 1.807) is 0 Å². The molecule has 1 aromatic carbocycles. The molecule has 0 amide bonds. The summed E-state index contributed by atoms with van der Waals surface area (Å²) in [6.07, 6.45) is 4.28. The summed E-state index contributed by atoms with van der Waals surface area (Å²) < 4.78 is 5.14. The zero-order valence-corrected chi connectivity index (χ0v) is 14.3. The number of hydrogen-bond acceptors (Lipinski definition) is 3. The number of nitrogens with zero attached hydrogens (tertiary/aromatic N) is 1. The fourth-order valence-corrected chi connectivity index (χ4v) is 4.30. The van der Waals surface area contributed by atoms with E-state index in [2.05, 4.69) is 41.1 Å². The number of esters is 1. The minimum absolute atomic E-state index is 0.131. The van der Waals surface area contributed by atoms with Crippen LogP contribution in [0, 0.1) is 5.92 Å². The third kappa shape index (κ3) is 2.55. The smallest absolute Gasteiger partial charge is 0.314 e. The number of fused-ring (bicyclic) bond motifs is 5. The first-order valence-corrected chi connectivity index (χ1v) is 8.78. The van der Waals surface area contributed by atoms with Gasteiger partial charge in [-0.25, -0.2) is 0 Å². The summed E-state index contributed by atoms with van der Waals surface area (Å²) in [7, 11) is 1.49. The Balaban J connectivity index is 1.85. The van der Waals surface area contributed by atoms with Crippen LogP contribution in [0.2, 0.25) is 0 Å². The third-order valence-electron chi connectivity index (χ3n) is 5.45. The van der Waals surface area contributed by atoms with E-state index in [1.165, 1.54) is 23.6 Å². The molecule has 2 bridgehead atoms. The van der Waals surface area contributed by atoms with Crippen LogP contribution in [0.25, 0.3) is 10.9 Å². The lowest BCUT2D eigenvalue weighted by molar-refractivity contribution is -0.143. The Bertz CT molecular complexity index is 805. The van der Waals surface area contributed by atoms with Gasteiger partial charge in [-0.1, -0.05) is 36.8 Å². The van der Waals surface area contributed by atoms with E-state index in [0.29, 0.717) is 5.92 Å². The summed E-state index contributed by atoms with van der Waals surface area (Å²) in [6.45, 7) is 5.17. The number of nitrogens with one attached hydrogen (secondary N) is 1. The number of para-hydroxylation sites is 1. The van der Waals surface area contributed by atoms with E-state index >= 15 is 0 Å². The maximum absolute atomic E-state index is 12.5. The lowest BCUT2D eigenvalue weighted by Crippen LogP contribution is -2.38. The van der Waals surface area contributed by atoms with E-state index in [0.717, 1.165) is 43.7 Å². The van der Waals surface area contributed by atoms with E-state index in [1.807, 2.05) is 6.07 Å². The van der Waals surface area contributed by atoms with Gasteiger partial charge >= 0.3 is 5.97 Å². The largest absolute Gasteiger partial charge is 0.469 e. The van der Waals surface area contributed by atoms with E-state index in [-0.39, 0.29) is 11.9 Å². The summed E-state index contributed by atoms with van der Waals surface area (Å²) >= 11 is 0. The summed E-state index contributed by atoms with van der Waals surface area (Å²) in [5.74, 6) is 0.0719. The van der Waals surface area contributed by atoms with Gasteiger partial charge in [-0.2, -0.15) is 0 Å². The molecule has 126 valence electrons. The molecule has 4 nitrogen and oxygen atoms in total. The predicted molar refractivity (Wildman–Crippen MR) is 94.8 cm³/mol. The van der Waals surface area contributed by atoms with Crippen LogP contribution in [-0.2, 0) is 16.1 Å². The average molecular weight is 324 g/mol. The molecule has 0 spiro atoms. The van der Waals surface area contributed by atoms with Crippen LogP contribution in [0.1, 0.15) is 36.9 Å². The SMILES string of the molecule is CCC1=CC2CC(C(=O)OC)c3[nH]c4ccccc4c3CN(C1)C2. The molecule has 2 aliphatic rings. The minimum Gasteiger partial charge on any atom is -0.469 e. The third-order valence-corrected chi connectivity index (χ3v) is 5.45. The molecule has 2 aliphatic heterocycles. The number of carbonyl (C=O) groups is 1. The molecule has 4 heteroatoms. The molecular formula is C20H24N2O2. The maximum atomic E-state index is 12.5. The second-order valence-corrected chi connectivity index (χ2v) is 6.98. The van der Waals surface area contributed by atoms with Gasteiger partial charge in [-0.15, -0.1) is 0 Å². The lowest BCUT2D eigenvalue weighted by Gasteiger charge is -2.36. The number of aromatic amines is 1. The maximum Gasteiger partial charge on any atom is 0.314 e. The monoisotopic (exact) mass is 324 g/mol. The van der Waals surface area contributed by atoms with Crippen molar-refractivity contribution in [1.29, 1.82) is 0 Å². The highest BCUT2D eigenvalue weighted by Crippen LogP contribution is 2.38. The molecule has 0 fully saturated rings. The van der Waals surface area contributed by atoms with Gasteiger partial charge in [0.15, 0.2) is 0 Å². The normalized spacial score (nSPS) is 26.2. The molecule has 1 N–H and O–H groups in total. The Morgan fingerprint density at radius 3 is 2.96 bits per heavy atom. The molecule has 3 atom stereocenters. The number of hydrogen-bond donors (Lipinski definition) is 1. The molecular weight excluding hydrogens is 300 g/mol. The van der Waals surface area contributed by atoms with Crippen molar-refractivity contribution < 1.29 is 9.53 Å². The van der Waals surface area contributed by atoms with Crippen molar-refractivity contribution in [3.05, 3.63) is 47.2 Å². The number of rotatable bonds is 2. The molecule has 1 aromatic heterocycles. The van der Waals surface area contributed by atoms with Crippen molar-refractivity contribution in [3.8, 4) is 0 Å². The average Bonchev–Trinajstić information content (AvgIpc) is 2.96. The highest BCUT2D eigenvalue weighted by molar-refractivity contribution is 5.88. The van der Waals surface area contributed by atoms with E-state index in [9.17, 15) is 4.79 Å². The van der Waals surface area contributed by atoms with E-state index < -0.39 is 0 Å². The summed E-state index contributed by atoms with van der Waals surface area (Å²) in [5.41, 5.74) is 4.90. The Labute approximate surface area is 142 Å². The van der Waals surface area contributed by atoms with Crippen molar-refractivity contribution in [3.63, 3.8) is 0 Å². The van der Waals surface area contributed by atoms with Crippen LogP contribution in [0.15, 0.2) is 35.9 Å². The molecule has 0 saturated heterocycles. The van der Waals surface area contributed by atoms with Gasteiger partial charge in [-0.05, 0) is 30.4 Å². The zero-order chi connectivity index (χ0) is 16.7. The minimum atomic E-state index is -0.211. The second kappa shape index (κ2) is 6.10. The van der Waals surface area contributed by atoms with Crippen molar-refractivity contribution >= 4 is 16.9 Å². The Morgan fingerprint density at radius 1 is 1.33 bits per heavy atom. The topological polar surface area (TPSA) is 45.3 Å². The van der Waals surface area contributed by atoms with Crippen molar-refractivity contribution in [2.45, 2.75) is 32.2 Å². The molecule has 3 unspecified atom stereocenters. The fraction of sp³-hybridized carbons (Fsp3) is 0.450. The number of benzene rings is 1. The standard InChI is InChI=1S/C20H24N2O2/c1-3-13-8-14-9-16(20(23)24-2)19-17(12-22(10-13)11-14)15-6-4-5-7-18(15)21-19/h4-8,14,16,21H,3,9-12H2,1-2H3. The van der Waals surface area contributed by atoms with Gasteiger partial charge in [0.25, 0.3) is 0 Å². The van der Waals surface area contributed by atoms with Crippen LogP contribution >= 0.6 is 0 Å². The summed E-state index contributed by atoms with van der Waals surface area (Å²) in [5, 5.41) is 1.23. The Kier molecular flexibility index (Phi) is 3.93. The van der Waals surface area contributed by atoms with Crippen molar-refractivity contribution in [2.24, 2.45) is 5.92 Å². The number of H-pyrrole nitrogens is 1. The Hall–Kier alpha value is -2.07. The fourth-order valence-electron chi connectivity index (χ4n) is 4.30. The highest BCUT2D eigenvalue weighted by Gasteiger charge is 2.34. The molecule has 0 radical (unpaired) electrons. The van der Waals surface area contributed by atoms with Crippen LogP contribution in [0.3, 0.4) is 0 Å². The number of carbonyl (C=O) groups excluding carboxylic acids is 1. The first-order chi connectivity index (χ1) is 11.7. The first-order valence-electron chi connectivity index (χ1n) is 8.78. The van der Waals surface area contributed by atoms with Gasteiger partial charge in [-0.3, -0.25) is 9.69 Å². The van der Waals surface area contributed by atoms with Crippen LogP contribution in [-0.4, -0.2) is 36.1 Å². The molecule has 24 heavy (non-hydrogen) atoms. The second-order valence-electron chi connectivity index (χ2n) is 6.98. The van der Waals surface area contributed by atoms with Crippen LogP contribution < -0.4 is 0 Å². The van der Waals surface area contributed by atoms with Crippen molar-refractivity contribution in [2.75, 3.05) is 20.2 Å². The van der Waals surface area contributed by atoms with Gasteiger partial charge in [0.05, 0.1) is 13.0 Å². The summed E-state index contributed by atoms with van der Waals surface area (Å²) in [6, 6.07) is 8.34. The Morgan fingerprint density at radius 2 is 2.17 bits per heavy atom. The summed E-state index contributed by atoms with van der Waals surface area (Å²) in [4.78, 5) is 18.5. The quantitative estimate of drug-likeness (QED) is 0.678. The number of methoxy groups -OCH3 is 1. The van der Waals surface area contributed by atoms with Gasteiger partial charge in [0, 0.05) is 36.2 Å². The molecule has 3 heterocycles. The predicted octanol–water partition coefficient (Wildman–Crippen LogP) is 3.60. The number of ether oxygens (including phenoxy) is 1. The molecule has 4 rings (SSSR count). The van der Waals surface area contributed by atoms with Crippen LogP contribution in [0.4, 0.5) is 0 Å². The van der Waals surface area contributed by atoms with Crippen molar-refractivity contribution in [1.82, 2.24) is 9.88 Å². The van der Waals surface area contributed by atoms with Gasteiger partial charge in [0.1, 0.15) is 0 Å². The van der Waals surface area contributed by atoms with E-state index in [4.69, 9.17) is 4.74 Å². The first kappa shape index (κ1) is 15.5. The number of aromatic nitrogens is 1. The molecule has 2 aromatic rings. The van der Waals surface area contributed by atoms with Crippen LogP contribution in [0.5, 0.6) is 0 Å². The molecule has 0 saturated carbocycles. The van der Waals surface area contributed by atoms with Gasteiger partial charge in [0.2, 0.25) is 0 Å². The molecule has 0 aliphatic carbocycles. The zero-order valence-electron chi connectivity index (χ0n) is 14.3.